The Labute approximate surface area is 137 Å². The summed E-state index contributed by atoms with van der Waals surface area (Å²) in [6.07, 6.45) is 1.77. The van der Waals surface area contributed by atoms with Crippen LogP contribution < -0.4 is 0 Å². The van der Waals surface area contributed by atoms with Crippen LogP contribution in [0.5, 0.6) is 0 Å². The fourth-order valence-electron chi connectivity index (χ4n) is 3.20. The van der Waals surface area contributed by atoms with Crippen LogP contribution >= 0.6 is 0 Å². The number of para-hydroxylation sites is 1. The van der Waals surface area contributed by atoms with Crippen molar-refractivity contribution in [1.29, 1.82) is 0 Å². The van der Waals surface area contributed by atoms with E-state index in [-0.39, 0.29) is 12.6 Å². The van der Waals surface area contributed by atoms with Crippen LogP contribution in [-0.4, -0.2) is 33.1 Å². The largest absolute Gasteiger partial charge is 0.392 e. The smallest absolute Gasteiger partial charge is 0.0787 e. The van der Waals surface area contributed by atoms with E-state index in [9.17, 15) is 5.11 Å². The number of nitrogens with zero attached hydrogens (tertiary/aromatic N) is 3. The molecule has 0 saturated heterocycles. The highest BCUT2D eigenvalue weighted by atomic mass is 16.3. The molecule has 23 heavy (non-hydrogen) atoms. The zero-order chi connectivity index (χ0) is 16.4. The van der Waals surface area contributed by atoms with Crippen LogP contribution in [0.25, 0.3) is 22.2 Å². The summed E-state index contributed by atoms with van der Waals surface area (Å²) in [7, 11) is 0. The third kappa shape index (κ3) is 2.80. The number of fused-ring (bicyclic) bond motifs is 3. The molecule has 1 atom stereocenters. The zero-order valence-corrected chi connectivity index (χ0v) is 14.0. The van der Waals surface area contributed by atoms with Crippen molar-refractivity contribution >= 4 is 10.9 Å². The fraction of sp³-hybridized carbons (Fsp3) is 0.368. The first-order valence-electron chi connectivity index (χ1n) is 8.21. The summed E-state index contributed by atoms with van der Waals surface area (Å²) >= 11 is 0. The van der Waals surface area contributed by atoms with Crippen molar-refractivity contribution in [3.63, 3.8) is 0 Å². The van der Waals surface area contributed by atoms with Crippen LogP contribution in [0.3, 0.4) is 0 Å². The normalized spacial score (nSPS) is 13.1. The monoisotopic (exact) mass is 309 g/mol. The van der Waals surface area contributed by atoms with Gasteiger partial charge in [-0.05, 0) is 32.1 Å². The lowest BCUT2D eigenvalue weighted by molar-refractivity contribution is 0.230. The van der Waals surface area contributed by atoms with Crippen LogP contribution in [0.2, 0.25) is 0 Å². The molecule has 0 aliphatic carbocycles. The molecule has 0 saturated carbocycles. The maximum atomic E-state index is 9.71. The number of aliphatic hydroxyl groups is 1. The lowest BCUT2D eigenvalue weighted by atomic mass is 10.1. The van der Waals surface area contributed by atoms with Crippen molar-refractivity contribution in [1.82, 2.24) is 14.9 Å². The van der Waals surface area contributed by atoms with Gasteiger partial charge < -0.3 is 5.11 Å². The molecule has 120 valence electrons. The average Bonchev–Trinajstić information content (AvgIpc) is 2.83. The second-order valence-corrected chi connectivity index (χ2v) is 5.80. The van der Waals surface area contributed by atoms with Crippen LogP contribution in [0, 0.1) is 0 Å². The van der Waals surface area contributed by atoms with E-state index < -0.39 is 0 Å². The van der Waals surface area contributed by atoms with Crippen molar-refractivity contribution in [3.05, 3.63) is 47.8 Å². The molecule has 0 aromatic heterocycles. The highest BCUT2D eigenvalue weighted by molar-refractivity contribution is 5.97. The van der Waals surface area contributed by atoms with Gasteiger partial charge in [0.2, 0.25) is 0 Å². The third-order valence-corrected chi connectivity index (χ3v) is 4.61. The van der Waals surface area contributed by atoms with Gasteiger partial charge in [0.25, 0.3) is 0 Å². The number of hydrogen-bond donors (Lipinski definition) is 1. The minimum atomic E-state index is -0.0550. The molecular formula is C19H23N3O. The predicted molar refractivity (Wildman–Crippen MR) is 93.4 cm³/mol. The highest BCUT2D eigenvalue weighted by Gasteiger charge is 2.19. The molecule has 0 spiro atoms. The number of aliphatic hydroxyl groups excluding tert-OH is 1. The molecule has 4 nitrogen and oxygen atoms in total. The minimum Gasteiger partial charge on any atom is -0.392 e. The Hall–Kier alpha value is -2.04. The van der Waals surface area contributed by atoms with Gasteiger partial charge in [0.15, 0.2) is 0 Å². The Morgan fingerprint density at radius 3 is 2.61 bits per heavy atom. The molecule has 0 bridgehead atoms. The molecule has 1 N–H and O–H groups in total. The average molecular weight is 309 g/mol. The lowest BCUT2D eigenvalue weighted by Gasteiger charge is -2.25. The van der Waals surface area contributed by atoms with Gasteiger partial charge in [-0.15, -0.1) is 0 Å². The van der Waals surface area contributed by atoms with Crippen molar-refractivity contribution in [2.75, 3.05) is 13.1 Å². The standard InChI is InChI=1S/C19H23N3O/c1-4-22(5-2)13(3)18-10-16-15-8-6-7-9-17(15)21-19(16)14(12-23)11-20-18/h6-11,13,23H,4-5,12H2,1-3H3. The number of aromatic nitrogens is 2. The molecule has 0 amide bonds. The SMILES string of the molecule is CCN(CC)C(C)c1cc2c3ccccc3nc-2c(CO)cn1. The summed E-state index contributed by atoms with van der Waals surface area (Å²) in [5.74, 6) is 0. The topological polar surface area (TPSA) is 49.2 Å². The molecular weight excluding hydrogens is 286 g/mol. The van der Waals surface area contributed by atoms with Gasteiger partial charge in [-0.2, -0.15) is 0 Å². The molecule has 2 aliphatic rings. The van der Waals surface area contributed by atoms with Crippen LogP contribution in [-0.2, 0) is 6.61 Å². The molecule has 2 aliphatic heterocycles. The Bertz CT molecular complexity index is 783. The van der Waals surface area contributed by atoms with Gasteiger partial charge in [0.1, 0.15) is 0 Å². The van der Waals surface area contributed by atoms with E-state index in [0.29, 0.717) is 0 Å². The summed E-state index contributed by atoms with van der Waals surface area (Å²) in [6, 6.07) is 10.5. The van der Waals surface area contributed by atoms with Gasteiger partial charge in [0, 0.05) is 28.8 Å². The Balaban J connectivity index is 2.23. The molecule has 2 heterocycles. The van der Waals surface area contributed by atoms with Crippen LogP contribution in [0.1, 0.15) is 38.1 Å². The van der Waals surface area contributed by atoms with Gasteiger partial charge >= 0.3 is 0 Å². The molecule has 3 rings (SSSR count). The maximum Gasteiger partial charge on any atom is 0.0787 e. The fourth-order valence-corrected chi connectivity index (χ4v) is 3.20. The molecule has 0 fully saturated rings. The Kier molecular flexibility index (Phi) is 4.55. The van der Waals surface area contributed by atoms with E-state index in [0.717, 1.165) is 46.5 Å². The molecule has 1 unspecified atom stereocenters. The highest BCUT2D eigenvalue weighted by Crippen LogP contribution is 2.34. The summed E-state index contributed by atoms with van der Waals surface area (Å²) in [6.45, 7) is 8.41. The van der Waals surface area contributed by atoms with E-state index in [1.165, 1.54) is 0 Å². The van der Waals surface area contributed by atoms with Gasteiger partial charge in [-0.1, -0.05) is 32.0 Å². The van der Waals surface area contributed by atoms with Gasteiger partial charge in [-0.25, -0.2) is 4.98 Å². The second-order valence-electron chi connectivity index (χ2n) is 5.80. The predicted octanol–water partition coefficient (Wildman–Crippen LogP) is 3.63. The number of benzene rings is 1. The van der Waals surface area contributed by atoms with E-state index in [4.69, 9.17) is 4.98 Å². The van der Waals surface area contributed by atoms with Crippen molar-refractivity contribution in [2.45, 2.75) is 33.4 Å². The van der Waals surface area contributed by atoms with Crippen LogP contribution in [0.4, 0.5) is 0 Å². The zero-order valence-electron chi connectivity index (χ0n) is 14.0. The molecule has 1 aromatic rings. The molecule has 0 radical (unpaired) electrons. The molecule has 1 aromatic carbocycles. The Morgan fingerprint density at radius 1 is 1.17 bits per heavy atom. The summed E-state index contributed by atoms with van der Waals surface area (Å²) < 4.78 is 0. The van der Waals surface area contributed by atoms with Crippen molar-refractivity contribution in [3.8, 4) is 11.3 Å². The van der Waals surface area contributed by atoms with Crippen molar-refractivity contribution in [2.24, 2.45) is 0 Å². The second kappa shape index (κ2) is 6.60. The van der Waals surface area contributed by atoms with E-state index in [1.54, 1.807) is 6.20 Å². The van der Waals surface area contributed by atoms with E-state index in [2.05, 4.69) is 42.8 Å². The van der Waals surface area contributed by atoms with Gasteiger partial charge in [-0.3, -0.25) is 9.88 Å². The third-order valence-electron chi connectivity index (χ3n) is 4.61. The minimum absolute atomic E-state index is 0.0550. The summed E-state index contributed by atoms with van der Waals surface area (Å²) in [5, 5.41) is 10.8. The van der Waals surface area contributed by atoms with Gasteiger partial charge in [0.05, 0.1) is 23.5 Å². The lowest BCUT2D eigenvalue weighted by Crippen LogP contribution is -2.26. The Morgan fingerprint density at radius 2 is 1.91 bits per heavy atom. The quantitative estimate of drug-likeness (QED) is 0.782. The number of rotatable bonds is 5. The van der Waals surface area contributed by atoms with E-state index in [1.807, 2.05) is 18.2 Å². The number of hydrogen-bond acceptors (Lipinski definition) is 4. The maximum absolute atomic E-state index is 9.71. The molecule has 4 heteroatoms. The van der Waals surface area contributed by atoms with E-state index >= 15 is 0 Å². The summed E-state index contributed by atoms with van der Waals surface area (Å²) in [5.41, 5.74) is 4.66. The first-order chi connectivity index (χ1) is 11.2. The summed E-state index contributed by atoms with van der Waals surface area (Å²) in [4.78, 5) is 11.7. The first kappa shape index (κ1) is 15.8. The first-order valence-corrected chi connectivity index (χ1v) is 8.21. The van der Waals surface area contributed by atoms with Crippen molar-refractivity contribution < 1.29 is 5.11 Å². The van der Waals surface area contributed by atoms with Crippen LogP contribution in [0.15, 0.2) is 36.5 Å².